The number of furan rings is 1. The highest BCUT2D eigenvalue weighted by atomic mass is 79.9. The lowest BCUT2D eigenvalue weighted by Gasteiger charge is -2.09. The van der Waals surface area contributed by atoms with Gasteiger partial charge >= 0.3 is 0 Å². The number of methoxy groups -OCH3 is 1. The minimum absolute atomic E-state index is 0.158. The predicted molar refractivity (Wildman–Crippen MR) is 72.7 cm³/mol. The Kier molecular flexibility index (Phi) is 4.01. The molecule has 0 saturated carbocycles. The molecule has 2 rings (SSSR count). The van der Waals surface area contributed by atoms with Gasteiger partial charge in [0.1, 0.15) is 12.0 Å². The van der Waals surface area contributed by atoms with Crippen LogP contribution in [-0.2, 0) is 0 Å². The third kappa shape index (κ3) is 3.03. The van der Waals surface area contributed by atoms with Crippen molar-refractivity contribution in [3.8, 4) is 5.75 Å². The van der Waals surface area contributed by atoms with Crippen molar-refractivity contribution < 1.29 is 18.7 Å². The summed E-state index contributed by atoms with van der Waals surface area (Å²) >= 11 is 3.12. The van der Waals surface area contributed by atoms with Gasteiger partial charge in [-0.1, -0.05) is 0 Å². The molecule has 1 aromatic carbocycles. The van der Waals surface area contributed by atoms with Gasteiger partial charge in [-0.15, -0.1) is 0 Å². The maximum atomic E-state index is 11.9. The Morgan fingerprint density at radius 1 is 1.37 bits per heavy atom. The molecule has 1 N–H and O–H groups in total. The number of benzene rings is 1. The fourth-order valence-electron chi connectivity index (χ4n) is 1.52. The Bertz CT molecular complexity index is 621. The van der Waals surface area contributed by atoms with E-state index in [-0.39, 0.29) is 5.76 Å². The molecule has 0 atom stereocenters. The molecule has 0 bridgehead atoms. The molecule has 0 saturated heterocycles. The molecule has 0 aliphatic carbocycles. The number of hydrogen-bond donors (Lipinski definition) is 1. The number of aldehydes is 1. The molecule has 98 valence electrons. The van der Waals surface area contributed by atoms with E-state index >= 15 is 0 Å². The molecular formula is C13H10BrNO4. The summed E-state index contributed by atoms with van der Waals surface area (Å²) in [7, 11) is 1.48. The van der Waals surface area contributed by atoms with Gasteiger partial charge in [0.25, 0.3) is 5.91 Å². The molecule has 0 aliphatic heterocycles. The quantitative estimate of drug-likeness (QED) is 0.878. The number of rotatable bonds is 4. The average molecular weight is 324 g/mol. The van der Waals surface area contributed by atoms with E-state index in [0.717, 1.165) is 0 Å². The van der Waals surface area contributed by atoms with Crippen LogP contribution >= 0.6 is 15.9 Å². The first-order chi connectivity index (χ1) is 9.13. The average Bonchev–Trinajstić information content (AvgIpc) is 2.85. The summed E-state index contributed by atoms with van der Waals surface area (Å²) in [6, 6.07) is 7.90. The summed E-state index contributed by atoms with van der Waals surface area (Å²) < 4.78 is 10.7. The zero-order valence-corrected chi connectivity index (χ0v) is 11.6. The van der Waals surface area contributed by atoms with Crippen LogP contribution in [0.5, 0.6) is 5.75 Å². The van der Waals surface area contributed by atoms with Gasteiger partial charge in [-0.2, -0.15) is 0 Å². The number of anilines is 1. The molecule has 2 aromatic rings. The zero-order valence-electron chi connectivity index (χ0n) is 9.98. The van der Waals surface area contributed by atoms with E-state index in [1.165, 1.54) is 19.2 Å². The molecular weight excluding hydrogens is 314 g/mol. The van der Waals surface area contributed by atoms with Crippen LogP contribution in [-0.4, -0.2) is 19.3 Å². The summed E-state index contributed by atoms with van der Waals surface area (Å²) in [5.74, 6) is 0.196. The fourth-order valence-corrected chi connectivity index (χ4v) is 1.82. The smallest absolute Gasteiger partial charge is 0.291 e. The number of carbonyl (C=O) groups is 2. The van der Waals surface area contributed by atoms with Crippen LogP contribution in [0.15, 0.2) is 39.4 Å². The zero-order chi connectivity index (χ0) is 13.8. The molecule has 0 fully saturated rings. The first kappa shape index (κ1) is 13.4. The van der Waals surface area contributed by atoms with Crippen LogP contribution < -0.4 is 10.1 Å². The van der Waals surface area contributed by atoms with Gasteiger partial charge in [-0.3, -0.25) is 9.59 Å². The first-order valence-corrected chi connectivity index (χ1v) is 6.13. The second-order valence-electron chi connectivity index (χ2n) is 3.64. The Labute approximate surface area is 117 Å². The molecule has 0 spiro atoms. The minimum atomic E-state index is -0.424. The van der Waals surface area contributed by atoms with Gasteiger partial charge < -0.3 is 14.5 Å². The fraction of sp³-hybridized carbons (Fsp3) is 0.0769. The lowest BCUT2D eigenvalue weighted by Crippen LogP contribution is -2.12. The van der Waals surface area contributed by atoms with E-state index in [9.17, 15) is 9.59 Å². The third-order valence-corrected chi connectivity index (χ3v) is 2.83. The van der Waals surface area contributed by atoms with E-state index in [2.05, 4.69) is 21.2 Å². The van der Waals surface area contributed by atoms with Crippen molar-refractivity contribution in [2.45, 2.75) is 0 Å². The predicted octanol–water partition coefficient (Wildman–Crippen LogP) is 3.12. The van der Waals surface area contributed by atoms with Crippen molar-refractivity contribution >= 4 is 33.8 Å². The van der Waals surface area contributed by atoms with E-state index in [1.807, 2.05) is 0 Å². The SMILES string of the molecule is COc1ccc(C=O)cc1NC(=O)c1ccc(Br)o1. The summed E-state index contributed by atoms with van der Waals surface area (Å²) in [4.78, 5) is 22.7. The van der Waals surface area contributed by atoms with Crippen molar-refractivity contribution in [2.24, 2.45) is 0 Å². The number of nitrogens with one attached hydrogen (secondary N) is 1. The molecule has 1 heterocycles. The molecule has 0 unspecified atom stereocenters. The summed E-state index contributed by atoms with van der Waals surface area (Å²) in [5.41, 5.74) is 0.848. The van der Waals surface area contributed by atoms with Gasteiger partial charge in [0.2, 0.25) is 0 Å². The van der Waals surface area contributed by atoms with Crippen molar-refractivity contribution in [1.82, 2.24) is 0 Å². The normalized spacial score (nSPS) is 10.0. The topological polar surface area (TPSA) is 68.5 Å². The highest BCUT2D eigenvalue weighted by Gasteiger charge is 2.13. The summed E-state index contributed by atoms with van der Waals surface area (Å²) in [5, 5.41) is 2.63. The molecule has 5 nitrogen and oxygen atoms in total. The van der Waals surface area contributed by atoms with E-state index < -0.39 is 5.91 Å². The number of amides is 1. The lowest BCUT2D eigenvalue weighted by atomic mass is 10.2. The molecule has 6 heteroatoms. The second-order valence-corrected chi connectivity index (χ2v) is 4.42. The third-order valence-electron chi connectivity index (χ3n) is 2.40. The largest absolute Gasteiger partial charge is 0.495 e. The van der Waals surface area contributed by atoms with Crippen molar-refractivity contribution in [1.29, 1.82) is 0 Å². The molecule has 1 amide bonds. The van der Waals surface area contributed by atoms with Gasteiger partial charge in [0.05, 0.1) is 12.8 Å². The maximum Gasteiger partial charge on any atom is 0.291 e. The van der Waals surface area contributed by atoms with Crippen molar-refractivity contribution in [2.75, 3.05) is 12.4 Å². The van der Waals surface area contributed by atoms with Crippen LogP contribution in [0.3, 0.4) is 0 Å². The number of halogens is 1. The highest BCUT2D eigenvalue weighted by molar-refractivity contribution is 9.10. The van der Waals surface area contributed by atoms with Crippen LogP contribution in [0.2, 0.25) is 0 Å². The first-order valence-electron chi connectivity index (χ1n) is 5.34. The van der Waals surface area contributed by atoms with E-state index in [0.29, 0.717) is 28.0 Å². The number of hydrogen-bond acceptors (Lipinski definition) is 4. The molecule has 0 radical (unpaired) electrons. The van der Waals surface area contributed by atoms with Gasteiger partial charge in [-0.25, -0.2) is 0 Å². The lowest BCUT2D eigenvalue weighted by molar-refractivity contribution is 0.0994. The van der Waals surface area contributed by atoms with Crippen molar-refractivity contribution in [3.63, 3.8) is 0 Å². The molecule has 0 aliphatic rings. The van der Waals surface area contributed by atoms with Crippen molar-refractivity contribution in [3.05, 3.63) is 46.3 Å². The highest BCUT2D eigenvalue weighted by Crippen LogP contribution is 2.26. The van der Waals surface area contributed by atoms with Gasteiger partial charge in [-0.05, 0) is 46.3 Å². The molecule has 1 aromatic heterocycles. The number of ether oxygens (including phenoxy) is 1. The van der Waals surface area contributed by atoms with Gasteiger partial charge in [0, 0.05) is 5.56 Å². The Hall–Kier alpha value is -2.08. The van der Waals surface area contributed by atoms with Crippen LogP contribution in [0, 0.1) is 0 Å². The standard InChI is InChI=1S/C13H10BrNO4/c1-18-10-3-2-8(7-16)6-9(10)15-13(17)11-4-5-12(14)19-11/h2-7H,1H3,(H,15,17). The molecule has 19 heavy (non-hydrogen) atoms. The summed E-state index contributed by atoms with van der Waals surface area (Å²) in [6.07, 6.45) is 0.693. The second kappa shape index (κ2) is 5.71. The Morgan fingerprint density at radius 3 is 2.74 bits per heavy atom. The Morgan fingerprint density at radius 2 is 2.16 bits per heavy atom. The monoisotopic (exact) mass is 323 g/mol. The summed E-state index contributed by atoms with van der Waals surface area (Å²) in [6.45, 7) is 0. The van der Waals surface area contributed by atoms with E-state index in [4.69, 9.17) is 9.15 Å². The minimum Gasteiger partial charge on any atom is -0.495 e. The van der Waals surface area contributed by atoms with Gasteiger partial charge in [0.15, 0.2) is 10.4 Å². The van der Waals surface area contributed by atoms with Crippen LogP contribution in [0.1, 0.15) is 20.9 Å². The number of carbonyl (C=O) groups excluding carboxylic acids is 2. The van der Waals surface area contributed by atoms with Crippen LogP contribution in [0.25, 0.3) is 0 Å². The van der Waals surface area contributed by atoms with E-state index in [1.54, 1.807) is 18.2 Å². The Balaban J connectivity index is 2.26. The maximum absolute atomic E-state index is 11.9. The van der Waals surface area contributed by atoms with Crippen LogP contribution in [0.4, 0.5) is 5.69 Å².